The Morgan fingerprint density at radius 1 is 1.41 bits per heavy atom. The number of hydrogen-bond acceptors (Lipinski definition) is 3. The van der Waals surface area contributed by atoms with E-state index in [2.05, 4.69) is 5.32 Å². The Hall–Kier alpha value is -1.69. The molecule has 94 valence electrons. The minimum absolute atomic E-state index is 0.159. The van der Waals surface area contributed by atoms with Crippen molar-refractivity contribution >= 4 is 11.7 Å². The Kier molecular flexibility index (Phi) is 4.39. The normalized spacial score (nSPS) is 12.2. The van der Waals surface area contributed by atoms with Gasteiger partial charge in [-0.05, 0) is 18.6 Å². The van der Waals surface area contributed by atoms with Crippen LogP contribution < -0.4 is 5.32 Å². The number of carboxylic acids is 1. The average Bonchev–Trinajstić information content (AvgIpc) is 2.30. The number of nitrogens with one attached hydrogen (secondary N) is 1. The molecule has 0 heterocycles. The molecule has 0 saturated heterocycles. The highest BCUT2D eigenvalue weighted by molar-refractivity contribution is 5.88. The van der Waals surface area contributed by atoms with Gasteiger partial charge in [0.25, 0.3) is 0 Å². The minimum Gasteiger partial charge on any atom is -0.478 e. The second-order valence-corrected chi connectivity index (χ2v) is 3.53. The maximum absolute atomic E-state index is 13.5. The van der Waals surface area contributed by atoms with E-state index in [1.807, 2.05) is 0 Å². The van der Waals surface area contributed by atoms with Crippen molar-refractivity contribution in [1.82, 2.24) is 0 Å². The summed E-state index contributed by atoms with van der Waals surface area (Å²) in [7, 11) is 0. The van der Waals surface area contributed by atoms with Crippen LogP contribution in [0.2, 0.25) is 0 Å². The van der Waals surface area contributed by atoms with Crippen LogP contribution in [-0.2, 0) is 0 Å². The molecule has 1 unspecified atom stereocenters. The zero-order valence-electron chi connectivity index (χ0n) is 9.20. The molecule has 1 rings (SSSR count). The molecule has 0 amide bonds. The van der Waals surface area contributed by atoms with Crippen molar-refractivity contribution in [2.24, 2.45) is 0 Å². The van der Waals surface area contributed by atoms with Crippen molar-refractivity contribution in [3.05, 3.63) is 29.3 Å². The van der Waals surface area contributed by atoms with Crippen LogP contribution in [0.15, 0.2) is 12.1 Å². The lowest BCUT2D eigenvalue weighted by atomic mass is 10.1. The molecule has 0 aliphatic rings. The van der Waals surface area contributed by atoms with Crippen LogP contribution in [0.4, 0.5) is 14.5 Å². The van der Waals surface area contributed by atoms with Crippen LogP contribution in [0, 0.1) is 11.6 Å². The highest BCUT2D eigenvalue weighted by atomic mass is 19.2. The van der Waals surface area contributed by atoms with Crippen LogP contribution in [0.3, 0.4) is 0 Å². The largest absolute Gasteiger partial charge is 0.478 e. The lowest BCUT2D eigenvalue weighted by molar-refractivity contribution is 0.0690. The average molecular weight is 245 g/mol. The molecular formula is C11H13F2NO3. The highest BCUT2D eigenvalue weighted by Gasteiger charge is 2.18. The number of aliphatic hydroxyl groups excluding tert-OH is 1. The zero-order valence-corrected chi connectivity index (χ0v) is 9.20. The van der Waals surface area contributed by atoms with Crippen LogP contribution >= 0.6 is 0 Å². The molecule has 6 heteroatoms. The molecule has 0 saturated carbocycles. The molecule has 3 N–H and O–H groups in total. The topological polar surface area (TPSA) is 69.6 Å². The second-order valence-electron chi connectivity index (χ2n) is 3.53. The zero-order chi connectivity index (χ0) is 13.0. The van der Waals surface area contributed by atoms with Crippen molar-refractivity contribution in [2.75, 3.05) is 11.9 Å². The molecule has 0 spiro atoms. The summed E-state index contributed by atoms with van der Waals surface area (Å²) < 4.78 is 26.8. The Balaban J connectivity index is 3.04. The van der Waals surface area contributed by atoms with Crippen molar-refractivity contribution < 1.29 is 23.8 Å². The molecule has 4 nitrogen and oxygen atoms in total. The van der Waals surface area contributed by atoms with E-state index < -0.39 is 29.2 Å². The quantitative estimate of drug-likeness (QED) is 0.740. The van der Waals surface area contributed by atoms with Crippen molar-refractivity contribution in [3.8, 4) is 0 Å². The fraction of sp³-hybridized carbons (Fsp3) is 0.364. The van der Waals surface area contributed by atoms with Gasteiger partial charge in [0, 0.05) is 6.04 Å². The summed E-state index contributed by atoms with van der Waals surface area (Å²) in [6.45, 7) is 1.55. The van der Waals surface area contributed by atoms with Gasteiger partial charge in [-0.2, -0.15) is 0 Å². The van der Waals surface area contributed by atoms with Crippen molar-refractivity contribution in [2.45, 2.75) is 19.4 Å². The van der Waals surface area contributed by atoms with Gasteiger partial charge in [0.2, 0.25) is 0 Å². The van der Waals surface area contributed by atoms with Crippen LogP contribution in [0.1, 0.15) is 23.7 Å². The van der Waals surface area contributed by atoms with E-state index >= 15 is 0 Å². The van der Waals surface area contributed by atoms with E-state index in [0.717, 1.165) is 12.1 Å². The first kappa shape index (κ1) is 13.4. The molecule has 0 fully saturated rings. The molecule has 0 aromatic heterocycles. The predicted molar refractivity (Wildman–Crippen MR) is 58.1 cm³/mol. The molecule has 0 aliphatic carbocycles. The van der Waals surface area contributed by atoms with Crippen LogP contribution in [-0.4, -0.2) is 28.8 Å². The maximum Gasteiger partial charge on any atom is 0.338 e. The number of benzene rings is 1. The summed E-state index contributed by atoms with van der Waals surface area (Å²) in [5.41, 5.74) is -0.876. The fourth-order valence-corrected chi connectivity index (χ4v) is 1.32. The van der Waals surface area contributed by atoms with E-state index in [4.69, 9.17) is 10.2 Å². The Labute approximate surface area is 96.9 Å². The third-order valence-electron chi connectivity index (χ3n) is 2.39. The monoisotopic (exact) mass is 245 g/mol. The summed E-state index contributed by atoms with van der Waals surface area (Å²) in [6, 6.07) is 1.72. The summed E-state index contributed by atoms with van der Waals surface area (Å²) in [4.78, 5) is 10.6. The molecule has 0 bridgehead atoms. The van der Waals surface area contributed by atoms with Gasteiger partial charge in [-0.25, -0.2) is 13.6 Å². The summed E-state index contributed by atoms with van der Waals surface area (Å²) in [5.74, 6) is -4.19. The molecule has 17 heavy (non-hydrogen) atoms. The van der Waals surface area contributed by atoms with Gasteiger partial charge < -0.3 is 15.5 Å². The standard InChI is InChI=1S/C11H13F2NO3/c1-2-6(5-15)14-8-4-3-7(11(16)17)9(12)10(8)13/h3-4,6,14-15H,2,5H2,1H3,(H,16,17). The van der Waals surface area contributed by atoms with E-state index in [1.165, 1.54) is 0 Å². The highest BCUT2D eigenvalue weighted by Crippen LogP contribution is 2.21. The lowest BCUT2D eigenvalue weighted by Crippen LogP contribution is -2.23. The van der Waals surface area contributed by atoms with Gasteiger partial charge >= 0.3 is 5.97 Å². The number of hydrogen-bond donors (Lipinski definition) is 3. The first-order chi connectivity index (χ1) is 8.01. The number of carboxylic acid groups (broad SMARTS) is 1. The molecule has 0 aliphatic heterocycles. The molecule has 1 aromatic rings. The van der Waals surface area contributed by atoms with E-state index in [0.29, 0.717) is 6.42 Å². The number of carbonyl (C=O) groups is 1. The predicted octanol–water partition coefficient (Wildman–Crippen LogP) is 1.85. The Bertz CT molecular complexity index is 419. The summed E-state index contributed by atoms with van der Waals surface area (Å²) in [5, 5.41) is 20.1. The smallest absolute Gasteiger partial charge is 0.338 e. The van der Waals surface area contributed by atoms with Gasteiger partial charge in [0.1, 0.15) is 0 Å². The van der Waals surface area contributed by atoms with E-state index in [-0.39, 0.29) is 12.3 Å². The first-order valence-electron chi connectivity index (χ1n) is 5.09. The Morgan fingerprint density at radius 2 is 2.06 bits per heavy atom. The van der Waals surface area contributed by atoms with Gasteiger partial charge in [0.05, 0.1) is 17.9 Å². The molecule has 0 radical (unpaired) electrons. The number of halogens is 2. The van der Waals surface area contributed by atoms with Gasteiger partial charge in [-0.3, -0.25) is 0 Å². The fourth-order valence-electron chi connectivity index (χ4n) is 1.32. The van der Waals surface area contributed by atoms with Crippen molar-refractivity contribution in [1.29, 1.82) is 0 Å². The maximum atomic E-state index is 13.5. The number of aromatic carboxylic acids is 1. The number of aliphatic hydroxyl groups is 1. The van der Waals surface area contributed by atoms with Crippen LogP contribution in [0.5, 0.6) is 0 Å². The van der Waals surface area contributed by atoms with Gasteiger partial charge in [0.15, 0.2) is 11.6 Å². The van der Waals surface area contributed by atoms with Crippen molar-refractivity contribution in [3.63, 3.8) is 0 Å². The Morgan fingerprint density at radius 3 is 2.53 bits per heavy atom. The first-order valence-corrected chi connectivity index (χ1v) is 5.09. The minimum atomic E-state index is -1.53. The molecular weight excluding hydrogens is 232 g/mol. The molecule has 1 aromatic carbocycles. The SMILES string of the molecule is CCC(CO)Nc1ccc(C(=O)O)c(F)c1F. The number of rotatable bonds is 5. The van der Waals surface area contributed by atoms with Gasteiger partial charge in [-0.15, -0.1) is 0 Å². The molecule has 1 atom stereocenters. The summed E-state index contributed by atoms with van der Waals surface area (Å²) in [6.07, 6.45) is 0.526. The van der Waals surface area contributed by atoms with E-state index in [9.17, 15) is 13.6 Å². The summed E-state index contributed by atoms with van der Waals surface area (Å²) >= 11 is 0. The second kappa shape index (κ2) is 5.58. The lowest BCUT2D eigenvalue weighted by Gasteiger charge is -2.16. The third-order valence-corrected chi connectivity index (χ3v) is 2.39. The van der Waals surface area contributed by atoms with Gasteiger partial charge in [-0.1, -0.05) is 6.92 Å². The van der Waals surface area contributed by atoms with E-state index in [1.54, 1.807) is 6.92 Å². The third kappa shape index (κ3) is 2.91. The van der Waals surface area contributed by atoms with Crippen LogP contribution in [0.25, 0.3) is 0 Å². The number of anilines is 1.